The number of thiol groups is 1. The number of hydrogen-bond donors (Lipinski definition) is 2. The molecule has 1 aromatic carbocycles. The average molecular weight is 294 g/mol. The van der Waals surface area contributed by atoms with Crippen molar-refractivity contribution in [1.82, 2.24) is 0 Å². The van der Waals surface area contributed by atoms with Crippen LogP contribution in [0.5, 0.6) is 5.75 Å². The Morgan fingerprint density at radius 2 is 1.72 bits per heavy atom. The molecule has 1 N–H and O–H groups in total. The monoisotopic (exact) mass is 294 g/mol. The second kappa shape index (κ2) is 4.77. The molecule has 100 valence electrons. The summed E-state index contributed by atoms with van der Waals surface area (Å²) in [6.45, 7) is 4.34. The number of rotatable bonds is 3. The van der Waals surface area contributed by atoms with E-state index in [1.165, 1.54) is 20.8 Å². The molecule has 0 heterocycles. The summed E-state index contributed by atoms with van der Waals surface area (Å²) >= 11 is 4.08. The van der Waals surface area contributed by atoms with E-state index in [0.717, 1.165) is 0 Å². The third kappa shape index (κ3) is 2.75. The molecule has 0 aromatic heterocycles. The van der Waals surface area contributed by atoms with Crippen LogP contribution in [0.3, 0.4) is 0 Å². The van der Waals surface area contributed by atoms with E-state index in [1.54, 1.807) is 0 Å². The molecule has 8 heteroatoms. The van der Waals surface area contributed by atoms with Gasteiger partial charge in [0.05, 0.1) is 5.56 Å². The summed E-state index contributed by atoms with van der Waals surface area (Å²) in [5, 5.41) is 9.05. The van der Waals surface area contributed by atoms with E-state index in [4.69, 9.17) is 5.11 Å². The zero-order valence-electron chi connectivity index (χ0n) is 9.81. The van der Waals surface area contributed by atoms with Gasteiger partial charge in [0.15, 0.2) is 5.75 Å². The van der Waals surface area contributed by atoms with Crippen LogP contribution < -0.4 is 4.18 Å². The number of carboxylic acid groups (broad SMARTS) is 1. The molecule has 0 amide bonds. The highest BCUT2D eigenvalue weighted by Crippen LogP contribution is 2.35. The predicted octanol–water partition coefficient (Wildman–Crippen LogP) is 2.19. The van der Waals surface area contributed by atoms with Crippen molar-refractivity contribution in [2.75, 3.05) is 0 Å². The lowest BCUT2D eigenvalue weighted by atomic mass is 9.98. The van der Waals surface area contributed by atoms with Gasteiger partial charge in [0.2, 0.25) is 0 Å². The quantitative estimate of drug-likeness (QED) is 0.660. The molecular formula is C10H11FO5S2. The molecule has 0 bridgehead atoms. The summed E-state index contributed by atoms with van der Waals surface area (Å²) in [7, 11) is -5.22. The molecule has 5 nitrogen and oxygen atoms in total. The zero-order chi connectivity index (χ0) is 14.2. The normalized spacial score (nSPS) is 11.4. The summed E-state index contributed by atoms with van der Waals surface area (Å²) in [6, 6.07) is 0. The first kappa shape index (κ1) is 14.8. The molecule has 0 atom stereocenters. The molecule has 0 saturated heterocycles. The maximum Gasteiger partial charge on any atom is 0.488 e. The van der Waals surface area contributed by atoms with E-state index < -0.39 is 16.5 Å². The summed E-state index contributed by atoms with van der Waals surface area (Å²) in [5.74, 6) is -1.60. The summed E-state index contributed by atoms with van der Waals surface area (Å²) in [5.41, 5.74) is 0.518. The van der Waals surface area contributed by atoms with E-state index in [-0.39, 0.29) is 27.3 Å². The van der Waals surface area contributed by atoms with Gasteiger partial charge in [-0.2, -0.15) is 8.42 Å². The van der Waals surface area contributed by atoms with E-state index in [0.29, 0.717) is 5.56 Å². The van der Waals surface area contributed by atoms with Crippen molar-refractivity contribution in [3.63, 3.8) is 0 Å². The standard InChI is InChI=1S/C10H11FO5S2/c1-4-7(10(12)13)5(2)9(17)6(3)8(4)16-18(11,14)15/h17H,1-3H3,(H,12,13). The van der Waals surface area contributed by atoms with E-state index in [9.17, 15) is 17.1 Å². The van der Waals surface area contributed by atoms with Gasteiger partial charge in [0, 0.05) is 16.0 Å². The Kier molecular flexibility index (Phi) is 3.92. The van der Waals surface area contributed by atoms with Gasteiger partial charge in [0.25, 0.3) is 0 Å². The Hall–Kier alpha value is -1.28. The first-order valence-corrected chi connectivity index (χ1v) is 6.52. The Morgan fingerprint density at radius 1 is 1.22 bits per heavy atom. The van der Waals surface area contributed by atoms with Crippen molar-refractivity contribution in [2.24, 2.45) is 0 Å². The number of halogens is 1. The molecule has 1 aromatic rings. The van der Waals surface area contributed by atoms with Crippen LogP contribution in [0.25, 0.3) is 0 Å². The van der Waals surface area contributed by atoms with E-state index in [2.05, 4.69) is 16.8 Å². The number of aromatic carboxylic acids is 1. The van der Waals surface area contributed by atoms with Crippen LogP contribution in [-0.2, 0) is 10.5 Å². The molecule has 0 saturated carbocycles. The lowest BCUT2D eigenvalue weighted by Crippen LogP contribution is -2.11. The number of carbonyl (C=O) groups is 1. The SMILES string of the molecule is Cc1c(S)c(C)c(C(=O)O)c(C)c1OS(=O)(=O)F. The molecule has 0 aliphatic rings. The smallest absolute Gasteiger partial charge is 0.478 e. The van der Waals surface area contributed by atoms with Gasteiger partial charge in [0.1, 0.15) is 0 Å². The van der Waals surface area contributed by atoms with Crippen LogP contribution in [0, 0.1) is 20.8 Å². The van der Waals surface area contributed by atoms with Gasteiger partial charge >= 0.3 is 16.5 Å². The van der Waals surface area contributed by atoms with Gasteiger partial charge in [-0.15, -0.1) is 12.6 Å². The molecule has 0 aliphatic carbocycles. The summed E-state index contributed by atoms with van der Waals surface area (Å²) in [6.07, 6.45) is 0. The van der Waals surface area contributed by atoms with Crippen LogP contribution in [0.2, 0.25) is 0 Å². The highest BCUT2D eigenvalue weighted by atomic mass is 32.3. The second-order valence-corrected chi connectivity index (χ2v) is 5.11. The minimum Gasteiger partial charge on any atom is -0.478 e. The van der Waals surface area contributed by atoms with E-state index >= 15 is 0 Å². The van der Waals surface area contributed by atoms with Crippen LogP contribution >= 0.6 is 12.6 Å². The van der Waals surface area contributed by atoms with Gasteiger partial charge in [-0.25, -0.2) is 4.79 Å². The zero-order valence-corrected chi connectivity index (χ0v) is 11.5. The Balaban J connectivity index is 3.68. The van der Waals surface area contributed by atoms with Gasteiger partial charge < -0.3 is 9.29 Å². The molecule has 0 aliphatic heterocycles. The molecule has 0 fully saturated rings. The van der Waals surface area contributed by atoms with Crippen molar-refractivity contribution in [3.05, 3.63) is 22.3 Å². The Bertz CT molecular complexity index is 622. The molecular weight excluding hydrogens is 283 g/mol. The van der Waals surface area contributed by atoms with Gasteiger partial charge in [-0.1, -0.05) is 3.89 Å². The second-order valence-electron chi connectivity index (χ2n) is 3.71. The van der Waals surface area contributed by atoms with Crippen molar-refractivity contribution in [2.45, 2.75) is 25.7 Å². The average Bonchev–Trinajstić information content (AvgIpc) is 2.20. The lowest BCUT2D eigenvalue weighted by molar-refractivity contribution is 0.0694. The third-order valence-corrected chi connectivity index (χ3v) is 3.57. The summed E-state index contributed by atoms with van der Waals surface area (Å²) in [4.78, 5) is 11.3. The highest BCUT2D eigenvalue weighted by molar-refractivity contribution is 7.81. The van der Waals surface area contributed by atoms with Crippen LogP contribution in [0.15, 0.2) is 4.90 Å². The predicted molar refractivity (Wildman–Crippen MR) is 65.5 cm³/mol. The first-order chi connectivity index (χ1) is 8.06. The molecule has 1 rings (SSSR count). The highest BCUT2D eigenvalue weighted by Gasteiger charge is 2.24. The van der Waals surface area contributed by atoms with Gasteiger partial charge in [-0.3, -0.25) is 0 Å². The first-order valence-electron chi connectivity index (χ1n) is 4.76. The maximum atomic E-state index is 12.6. The topological polar surface area (TPSA) is 80.7 Å². The van der Waals surface area contributed by atoms with Crippen LogP contribution in [0.4, 0.5) is 3.89 Å². The fourth-order valence-electron chi connectivity index (χ4n) is 1.73. The lowest BCUT2D eigenvalue weighted by Gasteiger charge is -2.16. The molecule has 0 radical (unpaired) electrons. The van der Waals surface area contributed by atoms with Crippen molar-refractivity contribution < 1.29 is 26.4 Å². The Morgan fingerprint density at radius 3 is 2.11 bits per heavy atom. The van der Waals surface area contributed by atoms with E-state index in [1.807, 2.05) is 0 Å². The Labute approximate surface area is 109 Å². The van der Waals surface area contributed by atoms with Crippen molar-refractivity contribution >= 4 is 29.1 Å². The number of hydrogen-bond acceptors (Lipinski definition) is 5. The van der Waals surface area contributed by atoms with Crippen LogP contribution in [0.1, 0.15) is 27.0 Å². The number of benzene rings is 1. The fraction of sp³-hybridized carbons (Fsp3) is 0.300. The summed E-state index contributed by atoms with van der Waals surface area (Å²) < 4.78 is 37.8. The largest absolute Gasteiger partial charge is 0.488 e. The third-order valence-electron chi connectivity index (χ3n) is 2.54. The van der Waals surface area contributed by atoms with Gasteiger partial charge in [-0.05, 0) is 26.3 Å². The van der Waals surface area contributed by atoms with Crippen molar-refractivity contribution in [1.29, 1.82) is 0 Å². The fourth-order valence-corrected chi connectivity index (χ4v) is 2.39. The molecule has 0 unspecified atom stereocenters. The van der Waals surface area contributed by atoms with Crippen molar-refractivity contribution in [3.8, 4) is 5.75 Å². The minimum atomic E-state index is -5.22. The molecule has 18 heavy (non-hydrogen) atoms. The van der Waals surface area contributed by atoms with Crippen LogP contribution in [-0.4, -0.2) is 19.5 Å². The molecule has 0 spiro atoms. The maximum absolute atomic E-state index is 12.6. The number of carboxylic acids is 1. The minimum absolute atomic E-state index is 0.0384.